The van der Waals surface area contributed by atoms with E-state index in [1.54, 1.807) is 6.07 Å². The number of likely N-dealkylation sites (tertiary alicyclic amines) is 1. The molecule has 8 heteroatoms. The number of nitrogens with zero attached hydrogens (tertiary/aromatic N) is 1. The van der Waals surface area contributed by atoms with Gasteiger partial charge in [0, 0.05) is 43.6 Å². The molecule has 2 heterocycles. The van der Waals surface area contributed by atoms with Gasteiger partial charge in [0.15, 0.2) is 0 Å². The van der Waals surface area contributed by atoms with Crippen LogP contribution in [-0.2, 0) is 9.53 Å². The third kappa shape index (κ3) is 7.73. The van der Waals surface area contributed by atoms with Crippen molar-refractivity contribution in [1.82, 2.24) is 10.2 Å². The van der Waals surface area contributed by atoms with Crippen molar-refractivity contribution in [3.8, 4) is 0 Å². The van der Waals surface area contributed by atoms with Crippen molar-refractivity contribution >= 4 is 35.6 Å². The Balaban J connectivity index is 0.00000312. The first-order valence-electron chi connectivity index (χ1n) is 8.60. The zero-order valence-electron chi connectivity index (χ0n) is 14.4. The van der Waals surface area contributed by atoms with Gasteiger partial charge in [-0.15, -0.1) is 12.4 Å². The fourth-order valence-corrected chi connectivity index (χ4v) is 3.34. The van der Waals surface area contributed by atoms with Gasteiger partial charge in [-0.25, -0.2) is 0 Å². The van der Waals surface area contributed by atoms with Crippen LogP contribution in [-0.4, -0.2) is 55.6 Å². The predicted octanol–water partition coefficient (Wildman–Crippen LogP) is 2.04. The van der Waals surface area contributed by atoms with E-state index in [-0.39, 0.29) is 30.3 Å². The van der Waals surface area contributed by atoms with Gasteiger partial charge in [0.05, 0.1) is 6.10 Å². The van der Waals surface area contributed by atoms with Gasteiger partial charge in [0.1, 0.15) is 0 Å². The molecular formula is C17H28ClN3O3S. The maximum atomic E-state index is 12.2. The molecular weight excluding hydrogens is 362 g/mol. The van der Waals surface area contributed by atoms with Crippen LogP contribution in [0.1, 0.15) is 42.5 Å². The molecule has 0 unspecified atom stereocenters. The summed E-state index contributed by atoms with van der Waals surface area (Å²) in [5.74, 6) is 0.0966. The second-order valence-corrected chi connectivity index (χ2v) is 6.74. The fourth-order valence-electron chi connectivity index (χ4n) is 2.70. The van der Waals surface area contributed by atoms with Gasteiger partial charge in [0.25, 0.3) is 5.91 Å². The Labute approximate surface area is 159 Å². The lowest BCUT2D eigenvalue weighted by molar-refractivity contribution is -0.133. The molecule has 3 N–H and O–H groups in total. The molecule has 1 aliphatic rings. The topological polar surface area (TPSA) is 84.7 Å². The van der Waals surface area contributed by atoms with Gasteiger partial charge in [0.2, 0.25) is 5.91 Å². The minimum absolute atomic E-state index is 0. The third-order valence-corrected chi connectivity index (χ3v) is 4.82. The molecule has 1 saturated heterocycles. The molecule has 142 valence electrons. The zero-order chi connectivity index (χ0) is 17.2. The maximum absolute atomic E-state index is 12.2. The fraction of sp³-hybridized carbons (Fsp3) is 0.647. The smallest absolute Gasteiger partial charge is 0.252 e. The standard InChI is InChI=1S/C17H27N3O3S.ClH/c18-7-2-11-23-15-4-9-20(10-5-15)16(21)3-1-8-19-17(22)14-6-12-24-13-14;/h6,12-13,15H,1-5,7-11,18H2,(H,19,22);1H. The summed E-state index contributed by atoms with van der Waals surface area (Å²) in [6.45, 7) is 3.40. The Morgan fingerprint density at radius 3 is 2.72 bits per heavy atom. The summed E-state index contributed by atoms with van der Waals surface area (Å²) in [5, 5.41) is 6.54. The second kappa shape index (κ2) is 12.2. The van der Waals surface area contributed by atoms with E-state index >= 15 is 0 Å². The molecule has 0 atom stereocenters. The molecule has 1 aliphatic heterocycles. The molecule has 1 fully saturated rings. The van der Waals surface area contributed by atoms with E-state index < -0.39 is 0 Å². The van der Waals surface area contributed by atoms with E-state index in [1.807, 2.05) is 15.7 Å². The highest BCUT2D eigenvalue weighted by Gasteiger charge is 2.22. The lowest BCUT2D eigenvalue weighted by Crippen LogP contribution is -2.41. The Kier molecular flexibility index (Phi) is 10.7. The van der Waals surface area contributed by atoms with Crippen LogP contribution in [0.15, 0.2) is 16.8 Å². The molecule has 1 aromatic heterocycles. The van der Waals surface area contributed by atoms with Crippen LogP contribution < -0.4 is 11.1 Å². The predicted molar refractivity (Wildman–Crippen MR) is 102 cm³/mol. The molecule has 6 nitrogen and oxygen atoms in total. The van der Waals surface area contributed by atoms with E-state index in [2.05, 4.69) is 5.32 Å². The van der Waals surface area contributed by atoms with Crippen LogP contribution >= 0.6 is 23.7 Å². The number of thiophene rings is 1. The third-order valence-electron chi connectivity index (χ3n) is 4.13. The van der Waals surface area contributed by atoms with Gasteiger partial charge in [-0.05, 0) is 43.7 Å². The number of carbonyl (C=O) groups is 2. The van der Waals surface area contributed by atoms with E-state index in [4.69, 9.17) is 10.5 Å². The van der Waals surface area contributed by atoms with Crippen molar-refractivity contribution in [2.24, 2.45) is 5.73 Å². The highest BCUT2D eigenvalue weighted by atomic mass is 35.5. The van der Waals surface area contributed by atoms with Crippen molar-refractivity contribution in [1.29, 1.82) is 0 Å². The highest BCUT2D eigenvalue weighted by molar-refractivity contribution is 7.08. The first kappa shape index (κ1) is 21.9. The number of hydrogen-bond acceptors (Lipinski definition) is 5. The van der Waals surface area contributed by atoms with Crippen molar-refractivity contribution in [3.05, 3.63) is 22.4 Å². The Bertz CT molecular complexity index is 505. The van der Waals surface area contributed by atoms with Crippen molar-refractivity contribution in [2.45, 2.75) is 38.2 Å². The zero-order valence-corrected chi connectivity index (χ0v) is 16.1. The van der Waals surface area contributed by atoms with Gasteiger partial charge < -0.3 is 20.7 Å². The average molecular weight is 390 g/mol. The van der Waals surface area contributed by atoms with E-state index in [9.17, 15) is 9.59 Å². The van der Waals surface area contributed by atoms with Crippen molar-refractivity contribution in [3.63, 3.8) is 0 Å². The van der Waals surface area contributed by atoms with Gasteiger partial charge in [-0.2, -0.15) is 11.3 Å². The molecule has 0 spiro atoms. The number of hydrogen-bond donors (Lipinski definition) is 2. The number of nitrogens with one attached hydrogen (secondary N) is 1. The van der Waals surface area contributed by atoms with Crippen LogP contribution in [0.5, 0.6) is 0 Å². The summed E-state index contributed by atoms with van der Waals surface area (Å²) in [4.78, 5) is 25.9. The van der Waals surface area contributed by atoms with Crippen LogP contribution in [0.2, 0.25) is 0 Å². The van der Waals surface area contributed by atoms with Crippen LogP contribution in [0.4, 0.5) is 0 Å². The summed E-state index contributed by atoms with van der Waals surface area (Å²) in [6.07, 6.45) is 4.07. The monoisotopic (exact) mass is 389 g/mol. The molecule has 1 aromatic rings. The van der Waals surface area contributed by atoms with E-state index in [0.29, 0.717) is 38.1 Å². The van der Waals surface area contributed by atoms with Gasteiger partial charge in [-0.1, -0.05) is 0 Å². The highest BCUT2D eigenvalue weighted by Crippen LogP contribution is 2.15. The number of amides is 2. The Morgan fingerprint density at radius 2 is 2.08 bits per heavy atom. The van der Waals surface area contributed by atoms with Gasteiger partial charge in [-0.3, -0.25) is 9.59 Å². The lowest BCUT2D eigenvalue weighted by atomic mass is 10.1. The lowest BCUT2D eigenvalue weighted by Gasteiger charge is -2.32. The van der Waals surface area contributed by atoms with E-state index in [1.165, 1.54) is 11.3 Å². The number of nitrogens with two attached hydrogens (primary N) is 1. The molecule has 0 bridgehead atoms. The normalized spacial score (nSPS) is 14.8. The molecule has 0 aromatic carbocycles. The molecule has 0 aliphatic carbocycles. The van der Waals surface area contributed by atoms with Crippen LogP contribution in [0.25, 0.3) is 0 Å². The number of rotatable bonds is 9. The first-order chi connectivity index (χ1) is 11.7. The average Bonchev–Trinajstić information content (AvgIpc) is 3.14. The number of halogens is 1. The summed E-state index contributed by atoms with van der Waals surface area (Å²) in [6, 6.07) is 1.80. The Morgan fingerprint density at radius 1 is 1.32 bits per heavy atom. The second-order valence-electron chi connectivity index (χ2n) is 5.96. The number of carbonyl (C=O) groups excluding carboxylic acids is 2. The summed E-state index contributed by atoms with van der Waals surface area (Å²) in [5.41, 5.74) is 6.13. The van der Waals surface area contributed by atoms with Crippen molar-refractivity contribution in [2.75, 3.05) is 32.8 Å². The molecule has 0 saturated carbocycles. The maximum Gasteiger partial charge on any atom is 0.252 e. The summed E-state index contributed by atoms with van der Waals surface area (Å²) >= 11 is 1.50. The number of piperidine rings is 1. The largest absolute Gasteiger partial charge is 0.378 e. The first-order valence-corrected chi connectivity index (χ1v) is 9.55. The molecule has 0 radical (unpaired) electrons. The molecule has 2 rings (SSSR count). The summed E-state index contributed by atoms with van der Waals surface area (Å²) < 4.78 is 5.75. The minimum atomic E-state index is -0.0702. The SMILES string of the molecule is Cl.NCCCOC1CCN(C(=O)CCCNC(=O)c2ccsc2)CC1. The number of ether oxygens (including phenoxy) is 1. The quantitative estimate of drug-likeness (QED) is 0.633. The van der Waals surface area contributed by atoms with Crippen LogP contribution in [0.3, 0.4) is 0 Å². The summed E-state index contributed by atoms with van der Waals surface area (Å²) in [7, 11) is 0. The van der Waals surface area contributed by atoms with E-state index in [0.717, 1.165) is 32.4 Å². The minimum Gasteiger partial charge on any atom is -0.378 e. The Hall–Kier alpha value is -1.15. The van der Waals surface area contributed by atoms with Gasteiger partial charge >= 0.3 is 0 Å². The van der Waals surface area contributed by atoms with Crippen molar-refractivity contribution < 1.29 is 14.3 Å². The molecule has 25 heavy (non-hydrogen) atoms. The van der Waals surface area contributed by atoms with Crippen LogP contribution in [0, 0.1) is 0 Å². The molecule has 2 amide bonds.